The van der Waals surface area contributed by atoms with Crippen molar-refractivity contribution in [3.63, 3.8) is 0 Å². The van der Waals surface area contributed by atoms with Crippen molar-refractivity contribution < 1.29 is 18.0 Å². The molecule has 0 bridgehead atoms. The summed E-state index contributed by atoms with van der Waals surface area (Å²) in [7, 11) is 0. The highest BCUT2D eigenvalue weighted by Gasteiger charge is 2.33. The van der Waals surface area contributed by atoms with E-state index in [0.29, 0.717) is 13.1 Å². The lowest BCUT2D eigenvalue weighted by Crippen LogP contribution is -2.22. The first-order chi connectivity index (χ1) is 12.8. The fourth-order valence-electron chi connectivity index (χ4n) is 2.42. The van der Waals surface area contributed by atoms with Crippen LogP contribution in [-0.4, -0.2) is 17.4 Å². The topological polar surface area (TPSA) is 56.1 Å². The number of anilines is 1. The van der Waals surface area contributed by atoms with Gasteiger partial charge in [0.1, 0.15) is 11.6 Å². The zero-order chi connectivity index (χ0) is 19.9. The van der Waals surface area contributed by atoms with E-state index in [0.717, 1.165) is 17.7 Å². The number of hydrogen-bond acceptors (Lipinski definition) is 3. The van der Waals surface area contributed by atoms with E-state index in [4.69, 9.17) is 0 Å². The Bertz CT molecular complexity index is 855. The summed E-state index contributed by atoms with van der Waals surface area (Å²) in [4.78, 5) is 14.1. The van der Waals surface area contributed by atoms with Gasteiger partial charge in [0.2, 0.25) is 0 Å². The zero-order valence-corrected chi connectivity index (χ0v) is 14.6. The predicted molar refractivity (Wildman–Crippen MR) is 96.3 cm³/mol. The number of benzene rings is 2. The predicted octanol–water partition coefficient (Wildman–Crippen LogP) is 4.57. The number of carbonyl (C=O) groups excluding carboxylic acids is 1. The van der Waals surface area contributed by atoms with Crippen molar-refractivity contribution in [1.82, 2.24) is 4.90 Å². The number of para-hydroxylation sites is 1. The summed E-state index contributed by atoms with van der Waals surface area (Å²) in [5.74, 6) is -0.888. The smallest absolute Gasteiger partial charge is 0.372 e. The molecule has 0 aliphatic heterocycles. The molecule has 2 aromatic carbocycles. The number of carbonyl (C=O) groups is 1. The lowest BCUT2D eigenvalue weighted by molar-refractivity contribution is -0.137. The highest BCUT2D eigenvalue weighted by atomic mass is 19.4. The second-order valence-corrected chi connectivity index (χ2v) is 5.70. The summed E-state index contributed by atoms with van der Waals surface area (Å²) in [5.41, 5.74) is -0.644. The fourth-order valence-corrected chi connectivity index (χ4v) is 2.42. The Morgan fingerprint density at radius 1 is 1.15 bits per heavy atom. The molecule has 0 radical (unpaired) electrons. The number of amides is 1. The molecule has 0 saturated heterocycles. The molecule has 140 valence electrons. The molecule has 0 saturated carbocycles. The highest BCUT2D eigenvalue weighted by molar-refractivity contribution is 6.06. The second kappa shape index (κ2) is 8.90. The van der Waals surface area contributed by atoms with Gasteiger partial charge in [-0.15, -0.1) is 0 Å². The van der Waals surface area contributed by atoms with Crippen LogP contribution in [-0.2, 0) is 17.5 Å². The van der Waals surface area contributed by atoms with Crippen molar-refractivity contribution in [2.75, 3.05) is 11.9 Å². The molecule has 0 heterocycles. The third kappa shape index (κ3) is 5.61. The Kier molecular flexibility index (Phi) is 6.61. The lowest BCUT2D eigenvalue weighted by Gasteiger charge is -2.19. The Morgan fingerprint density at radius 3 is 2.37 bits per heavy atom. The molecule has 7 heteroatoms. The van der Waals surface area contributed by atoms with Crippen LogP contribution in [0.3, 0.4) is 0 Å². The van der Waals surface area contributed by atoms with Crippen molar-refractivity contribution in [3.8, 4) is 6.07 Å². The monoisotopic (exact) mass is 373 g/mol. The minimum absolute atomic E-state index is 0.273. The maximum Gasteiger partial charge on any atom is 0.418 e. The fraction of sp³-hybridized carbons (Fsp3) is 0.200. The van der Waals surface area contributed by atoms with Crippen LogP contribution in [0.15, 0.2) is 66.4 Å². The third-order valence-electron chi connectivity index (χ3n) is 3.79. The molecule has 27 heavy (non-hydrogen) atoms. The van der Waals surface area contributed by atoms with Gasteiger partial charge in [0.05, 0.1) is 11.3 Å². The summed E-state index contributed by atoms with van der Waals surface area (Å²) < 4.78 is 39.1. The average molecular weight is 373 g/mol. The first kappa shape index (κ1) is 20.0. The number of alkyl halides is 3. The maximum atomic E-state index is 13.0. The van der Waals surface area contributed by atoms with Gasteiger partial charge >= 0.3 is 6.18 Å². The number of nitrogens with one attached hydrogen (secondary N) is 1. The molecule has 0 atom stereocenters. The Hall–Kier alpha value is -3.27. The molecule has 0 fully saturated rings. The second-order valence-electron chi connectivity index (χ2n) is 5.70. The molecule has 0 aromatic heterocycles. The van der Waals surface area contributed by atoms with Gasteiger partial charge in [-0.25, -0.2) is 0 Å². The molecule has 4 nitrogen and oxygen atoms in total. The number of halogens is 3. The third-order valence-corrected chi connectivity index (χ3v) is 3.79. The van der Waals surface area contributed by atoms with E-state index in [1.54, 1.807) is 11.0 Å². The molecule has 1 N–H and O–H groups in total. The quantitative estimate of drug-likeness (QED) is 0.596. The molecule has 0 spiro atoms. The maximum absolute atomic E-state index is 13.0. The van der Waals surface area contributed by atoms with Crippen molar-refractivity contribution in [3.05, 3.63) is 77.5 Å². The Morgan fingerprint density at radius 2 is 1.78 bits per heavy atom. The minimum Gasteiger partial charge on any atom is -0.372 e. The van der Waals surface area contributed by atoms with E-state index >= 15 is 0 Å². The molecular formula is C20H18F3N3O. The van der Waals surface area contributed by atoms with Gasteiger partial charge in [0.15, 0.2) is 0 Å². The summed E-state index contributed by atoms with van der Waals surface area (Å²) in [6.07, 6.45) is -3.25. The van der Waals surface area contributed by atoms with Crippen LogP contribution in [0.1, 0.15) is 18.1 Å². The van der Waals surface area contributed by atoms with Gasteiger partial charge in [-0.1, -0.05) is 42.5 Å². The summed E-state index contributed by atoms with van der Waals surface area (Å²) >= 11 is 0. The highest BCUT2D eigenvalue weighted by Crippen LogP contribution is 2.34. The van der Waals surface area contributed by atoms with Gasteiger partial charge < -0.3 is 10.2 Å². The van der Waals surface area contributed by atoms with Crippen molar-refractivity contribution in [2.45, 2.75) is 19.6 Å². The lowest BCUT2D eigenvalue weighted by atomic mass is 10.1. The molecule has 2 aromatic rings. The van der Waals surface area contributed by atoms with Gasteiger partial charge in [-0.2, -0.15) is 18.4 Å². The molecular weight excluding hydrogens is 355 g/mol. The first-order valence-electron chi connectivity index (χ1n) is 8.22. The Labute approximate surface area is 155 Å². The average Bonchev–Trinajstić information content (AvgIpc) is 2.65. The van der Waals surface area contributed by atoms with Crippen molar-refractivity contribution >= 4 is 11.6 Å². The van der Waals surface area contributed by atoms with Crippen molar-refractivity contribution in [2.24, 2.45) is 0 Å². The van der Waals surface area contributed by atoms with Crippen LogP contribution >= 0.6 is 0 Å². The summed E-state index contributed by atoms with van der Waals surface area (Å²) in [6.45, 7) is 2.84. The van der Waals surface area contributed by atoms with Crippen LogP contribution in [0.4, 0.5) is 18.9 Å². The van der Waals surface area contributed by atoms with E-state index in [1.807, 2.05) is 37.3 Å². The number of hydrogen-bond donors (Lipinski definition) is 1. The van der Waals surface area contributed by atoms with E-state index in [9.17, 15) is 23.2 Å². The van der Waals surface area contributed by atoms with Crippen LogP contribution in [0.5, 0.6) is 0 Å². The van der Waals surface area contributed by atoms with E-state index in [2.05, 4.69) is 5.32 Å². The molecule has 0 aliphatic rings. The Balaban J connectivity index is 2.20. The molecule has 0 aliphatic carbocycles. The van der Waals surface area contributed by atoms with Gasteiger partial charge in [-0.3, -0.25) is 4.79 Å². The van der Waals surface area contributed by atoms with E-state index < -0.39 is 17.6 Å². The van der Waals surface area contributed by atoms with Crippen LogP contribution in [0, 0.1) is 11.3 Å². The summed E-state index contributed by atoms with van der Waals surface area (Å²) in [6, 6.07) is 15.8. The van der Waals surface area contributed by atoms with E-state index in [1.165, 1.54) is 18.3 Å². The number of nitriles is 1. The van der Waals surface area contributed by atoms with Gasteiger partial charge in [0, 0.05) is 19.3 Å². The first-order valence-corrected chi connectivity index (χ1v) is 8.22. The number of nitrogens with zero attached hydrogens (tertiary/aromatic N) is 2. The largest absolute Gasteiger partial charge is 0.418 e. The normalized spacial score (nSPS) is 11.6. The number of rotatable bonds is 6. The standard InChI is InChI=1S/C20H18F3N3O/c1-2-26(13-15-8-4-3-5-9-15)14-16(12-24)19(27)25-18-11-7-6-10-17(18)20(21,22)23/h3-11,14H,2,13H2,1H3,(H,25,27)/b16-14-. The van der Waals surface area contributed by atoms with E-state index in [-0.39, 0.29) is 11.3 Å². The van der Waals surface area contributed by atoms with Crippen molar-refractivity contribution in [1.29, 1.82) is 5.26 Å². The minimum atomic E-state index is -4.61. The zero-order valence-electron chi connectivity index (χ0n) is 14.6. The molecule has 0 unspecified atom stereocenters. The van der Waals surface area contributed by atoms with Crippen LogP contribution < -0.4 is 5.32 Å². The van der Waals surface area contributed by atoms with Crippen LogP contribution in [0.2, 0.25) is 0 Å². The SMILES string of the molecule is CCN(/C=C(/C#N)C(=O)Nc1ccccc1C(F)(F)F)Cc1ccccc1. The molecule has 2 rings (SSSR count). The summed E-state index contributed by atoms with van der Waals surface area (Å²) in [5, 5.41) is 11.5. The van der Waals surface area contributed by atoms with Gasteiger partial charge in [-0.05, 0) is 24.6 Å². The molecule has 1 amide bonds. The van der Waals surface area contributed by atoms with Gasteiger partial charge in [0.25, 0.3) is 5.91 Å². The van der Waals surface area contributed by atoms with Crippen LogP contribution in [0.25, 0.3) is 0 Å².